The summed E-state index contributed by atoms with van der Waals surface area (Å²) >= 11 is 0. The van der Waals surface area contributed by atoms with Crippen LogP contribution in [0.2, 0.25) is 0 Å². The largest absolute Gasteiger partial charge is 0.497 e. The van der Waals surface area contributed by atoms with Crippen LogP contribution in [-0.2, 0) is 4.74 Å². The molecule has 6 nitrogen and oxygen atoms in total. The van der Waals surface area contributed by atoms with Crippen LogP contribution in [0.25, 0.3) is 0 Å². The fourth-order valence-electron chi connectivity index (χ4n) is 4.61. The maximum absolute atomic E-state index is 12.6. The third-order valence-corrected chi connectivity index (χ3v) is 6.41. The van der Waals surface area contributed by atoms with Crippen LogP contribution in [0.15, 0.2) is 18.2 Å². The quantitative estimate of drug-likeness (QED) is 0.553. The molecule has 1 amide bonds. The lowest BCUT2D eigenvalue weighted by Crippen LogP contribution is -2.39. The van der Waals surface area contributed by atoms with E-state index in [-0.39, 0.29) is 12.0 Å². The molecule has 0 aromatic heterocycles. The molecule has 1 aromatic carbocycles. The van der Waals surface area contributed by atoms with Gasteiger partial charge in [-0.15, -0.1) is 0 Å². The van der Waals surface area contributed by atoms with Gasteiger partial charge in [-0.3, -0.25) is 4.79 Å². The monoisotopic (exact) mass is 418 g/mol. The van der Waals surface area contributed by atoms with E-state index in [9.17, 15) is 4.79 Å². The molecule has 3 rings (SSSR count). The SMILES string of the molecule is COCCNC(=O)c1ccc(OC)cc1OC1CCN(CCCC2CCCC2)CC1. The van der Waals surface area contributed by atoms with E-state index >= 15 is 0 Å². The maximum atomic E-state index is 12.6. The first-order valence-electron chi connectivity index (χ1n) is 11.5. The van der Waals surface area contributed by atoms with E-state index < -0.39 is 0 Å². The molecule has 0 spiro atoms. The lowest BCUT2D eigenvalue weighted by Gasteiger charge is -2.32. The van der Waals surface area contributed by atoms with Crippen LogP contribution in [0.3, 0.4) is 0 Å². The number of ether oxygens (including phenoxy) is 3. The minimum Gasteiger partial charge on any atom is -0.497 e. The Morgan fingerprint density at radius 2 is 1.90 bits per heavy atom. The van der Waals surface area contributed by atoms with Crippen molar-refractivity contribution in [3.8, 4) is 11.5 Å². The number of carbonyl (C=O) groups is 1. The molecule has 0 atom stereocenters. The standard InChI is InChI=1S/C24H38N2O4/c1-28-17-13-25-24(27)22-10-9-21(29-2)18-23(22)30-20-11-15-26(16-12-20)14-5-8-19-6-3-4-7-19/h9-10,18-20H,3-8,11-17H2,1-2H3,(H,25,27). The number of methoxy groups -OCH3 is 2. The van der Waals surface area contributed by atoms with Gasteiger partial charge in [-0.25, -0.2) is 0 Å². The molecule has 168 valence electrons. The normalized spacial score (nSPS) is 18.5. The van der Waals surface area contributed by atoms with E-state index in [0.717, 1.165) is 31.8 Å². The van der Waals surface area contributed by atoms with E-state index in [4.69, 9.17) is 14.2 Å². The van der Waals surface area contributed by atoms with E-state index in [1.807, 2.05) is 6.07 Å². The summed E-state index contributed by atoms with van der Waals surface area (Å²) in [4.78, 5) is 15.1. The van der Waals surface area contributed by atoms with Crippen molar-refractivity contribution in [3.63, 3.8) is 0 Å². The highest BCUT2D eigenvalue weighted by Crippen LogP contribution is 2.30. The molecule has 1 aliphatic heterocycles. The Labute approximate surface area is 181 Å². The molecule has 1 N–H and O–H groups in total. The smallest absolute Gasteiger partial charge is 0.255 e. The van der Waals surface area contributed by atoms with Gasteiger partial charge in [0.05, 0.1) is 19.3 Å². The zero-order valence-corrected chi connectivity index (χ0v) is 18.7. The summed E-state index contributed by atoms with van der Waals surface area (Å²) in [6, 6.07) is 5.39. The molecule has 2 aliphatic rings. The number of carbonyl (C=O) groups excluding carboxylic acids is 1. The summed E-state index contributed by atoms with van der Waals surface area (Å²) in [5.74, 6) is 2.13. The first-order chi connectivity index (χ1) is 14.7. The fourth-order valence-corrected chi connectivity index (χ4v) is 4.61. The predicted molar refractivity (Wildman–Crippen MR) is 118 cm³/mol. The van der Waals surface area contributed by atoms with Gasteiger partial charge in [0.1, 0.15) is 17.6 Å². The highest BCUT2D eigenvalue weighted by atomic mass is 16.5. The topological polar surface area (TPSA) is 60.0 Å². The Morgan fingerprint density at radius 1 is 1.13 bits per heavy atom. The summed E-state index contributed by atoms with van der Waals surface area (Å²) < 4.78 is 16.6. The van der Waals surface area contributed by atoms with Gasteiger partial charge in [0.25, 0.3) is 5.91 Å². The van der Waals surface area contributed by atoms with Crippen LogP contribution in [-0.4, -0.2) is 63.9 Å². The second-order valence-electron chi connectivity index (χ2n) is 8.56. The zero-order valence-electron chi connectivity index (χ0n) is 18.7. The van der Waals surface area contributed by atoms with Gasteiger partial charge < -0.3 is 24.4 Å². The number of likely N-dealkylation sites (tertiary alicyclic amines) is 1. The minimum atomic E-state index is -0.144. The average molecular weight is 419 g/mol. The molecule has 0 bridgehead atoms. The molecule has 1 saturated carbocycles. The van der Waals surface area contributed by atoms with Crippen molar-refractivity contribution in [2.45, 2.75) is 57.5 Å². The molecule has 1 saturated heterocycles. The zero-order chi connectivity index (χ0) is 21.2. The third kappa shape index (κ3) is 6.88. The third-order valence-electron chi connectivity index (χ3n) is 6.41. The Kier molecular flexibility index (Phi) is 9.27. The van der Waals surface area contributed by atoms with Gasteiger partial charge in [0, 0.05) is 32.8 Å². The van der Waals surface area contributed by atoms with Crippen LogP contribution in [0.4, 0.5) is 0 Å². The Hall–Kier alpha value is -1.79. The van der Waals surface area contributed by atoms with Crippen molar-refractivity contribution in [1.82, 2.24) is 10.2 Å². The van der Waals surface area contributed by atoms with Gasteiger partial charge in [0.2, 0.25) is 0 Å². The number of hydrogen-bond donors (Lipinski definition) is 1. The van der Waals surface area contributed by atoms with E-state index in [1.54, 1.807) is 26.4 Å². The van der Waals surface area contributed by atoms with Crippen molar-refractivity contribution in [2.75, 3.05) is 47.0 Å². The first-order valence-corrected chi connectivity index (χ1v) is 11.5. The fraction of sp³-hybridized carbons (Fsp3) is 0.708. The van der Waals surface area contributed by atoms with E-state index in [0.29, 0.717) is 30.2 Å². The van der Waals surface area contributed by atoms with Gasteiger partial charge in [-0.1, -0.05) is 25.7 Å². The molecule has 1 heterocycles. The summed E-state index contributed by atoms with van der Waals surface area (Å²) in [7, 11) is 3.25. The number of piperidine rings is 1. The van der Waals surface area contributed by atoms with Crippen molar-refractivity contribution in [3.05, 3.63) is 23.8 Å². The Balaban J connectivity index is 1.48. The van der Waals surface area contributed by atoms with Crippen molar-refractivity contribution in [1.29, 1.82) is 0 Å². The first kappa shape index (κ1) is 22.9. The van der Waals surface area contributed by atoms with Gasteiger partial charge in [-0.2, -0.15) is 0 Å². The van der Waals surface area contributed by atoms with Gasteiger partial charge in [0.15, 0.2) is 0 Å². The van der Waals surface area contributed by atoms with Crippen LogP contribution < -0.4 is 14.8 Å². The second kappa shape index (κ2) is 12.2. The molecule has 6 heteroatoms. The predicted octanol–water partition coefficient (Wildman–Crippen LogP) is 3.89. The van der Waals surface area contributed by atoms with Crippen LogP contribution in [0.1, 0.15) is 61.7 Å². The lowest BCUT2D eigenvalue weighted by molar-refractivity contribution is 0.0888. The lowest BCUT2D eigenvalue weighted by atomic mass is 10.0. The average Bonchev–Trinajstić information content (AvgIpc) is 3.28. The second-order valence-corrected chi connectivity index (χ2v) is 8.56. The highest BCUT2D eigenvalue weighted by molar-refractivity contribution is 5.97. The molecule has 0 radical (unpaired) electrons. The molecular formula is C24H38N2O4. The number of nitrogens with zero attached hydrogens (tertiary/aromatic N) is 1. The maximum Gasteiger partial charge on any atom is 0.255 e. The highest BCUT2D eigenvalue weighted by Gasteiger charge is 2.23. The Bertz CT molecular complexity index is 653. The van der Waals surface area contributed by atoms with Crippen LogP contribution >= 0.6 is 0 Å². The Morgan fingerprint density at radius 3 is 2.60 bits per heavy atom. The molecular weight excluding hydrogens is 380 g/mol. The van der Waals surface area contributed by atoms with E-state index in [1.165, 1.54) is 45.1 Å². The van der Waals surface area contributed by atoms with Gasteiger partial charge in [-0.05, 0) is 50.3 Å². The van der Waals surface area contributed by atoms with Gasteiger partial charge >= 0.3 is 0 Å². The van der Waals surface area contributed by atoms with E-state index in [2.05, 4.69) is 10.2 Å². The number of amides is 1. The number of nitrogens with one attached hydrogen (secondary N) is 1. The van der Waals surface area contributed by atoms with Crippen LogP contribution in [0.5, 0.6) is 11.5 Å². The number of hydrogen-bond acceptors (Lipinski definition) is 5. The van der Waals surface area contributed by atoms with Crippen LogP contribution in [0, 0.1) is 5.92 Å². The number of benzene rings is 1. The number of rotatable bonds is 11. The molecule has 30 heavy (non-hydrogen) atoms. The minimum absolute atomic E-state index is 0.133. The van der Waals surface area contributed by atoms with Crippen molar-refractivity contribution < 1.29 is 19.0 Å². The molecule has 0 unspecified atom stereocenters. The molecule has 1 aliphatic carbocycles. The molecule has 2 fully saturated rings. The molecule has 1 aromatic rings. The van der Waals surface area contributed by atoms with Crippen molar-refractivity contribution >= 4 is 5.91 Å². The summed E-state index contributed by atoms with van der Waals surface area (Å²) in [5, 5.41) is 2.88. The summed E-state index contributed by atoms with van der Waals surface area (Å²) in [5.41, 5.74) is 0.547. The summed E-state index contributed by atoms with van der Waals surface area (Å²) in [6.07, 6.45) is 10.6. The summed E-state index contributed by atoms with van der Waals surface area (Å²) in [6.45, 7) is 4.29. The van der Waals surface area contributed by atoms with Crippen molar-refractivity contribution in [2.24, 2.45) is 5.92 Å².